The van der Waals surface area contributed by atoms with Gasteiger partial charge in [0.15, 0.2) is 0 Å². The molecule has 6 nitrogen and oxygen atoms in total. The van der Waals surface area contributed by atoms with E-state index in [-0.39, 0.29) is 11.9 Å². The minimum Gasteiger partial charge on any atom is -0.368 e. The fraction of sp³-hybridized carbons (Fsp3) is 0.476. The Hall–Kier alpha value is -2.47. The molecule has 0 bridgehead atoms. The SMILES string of the molecule is Nc1ncc(-c2cccc(C(=O)N3CCCCC3CN3CCCC3)c2)cn1. The molecule has 2 N–H and O–H groups in total. The number of carbonyl (C=O) groups excluding carboxylic acids is 1. The van der Waals surface area contributed by atoms with Crippen molar-refractivity contribution >= 4 is 11.9 Å². The van der Waals surface area contributed by atoms with Crippen LogP contribution in [0.4, 0.5) is 5.95 Å². The molecule has 142 valence electrons. The number of carbonyl (C=O) groups is 1. The number of likely N-dealkylation sites (tertiary alicyclic amines) is 2. The van der Waals surface area contributed by atoms with Crippen LogP contribution in [0.25, 0.3) is 11.1 Å². The number of rotatable bonds is 4. The van der Waals surface area contributed by atoms with Crippen LogP contribution in [0.2, 0.25) is 0 Å². The molecule has 1 amide bonds. The van der Waals surface area contributed by atoms with Crippen molar-refractivity contribution in [3.8, 4) is 11.1 Å². The third-order valence-corrected chi connectivity index (χ3v) is 5.67. The first-order valence-electron chi connectivity index (χ1n) is 9.92. The summed E-state index contributed by atoms with van der Waals surface area (Å²) in [6.07, 6.45) is 9.37. The number of hydrogen-bond donors (Lipinski definition) is 1. The first-order chi connectivity index (χ1) is 13.2. The van der Waals surface area contributed by atoms with Crippen molar-refractivity contribution in [2.24, 2.45) is 0 Å². The van der Waals surface area contributed by atoms with E-state index in [1.54, 1.807) is 12.4 Å². The van der Waals surface area contributed by atoms with E-state index in [4.69, 9.17) is 5.73 Å². The zero-order valence-corrected chi connectivity index (χ0v) is 15.7. The quantitative estimate of drug-likeness (QED) is 0.902. The molecule has 0 aliphatic carbocycles. The van der Waals surface area contributed by atoms with Crippen LogP contribution in [0.15, 0.2) is 36.7 Å². The summed E-state index contributed by atoms with van der Waals surface area (Å²) >= 11 is 0. The predicted octanol–water partition coefficient (Wildman–Crippen LogP) is 2.82. The smallest absolute Gasteiger partial charge is 0.254 e. The number of nitrogens with zero attached hydrogens (tertiary/aromatic N) is 4. The Morgan fingerprint density at radius 1 is 1.04 bits per heavy atom. The second kappa shape index (κ2) is 8.05. The molecule has 2 aromatic rings. The molecule has 27 heavy (non-hydrogen) atoms. The van der Waals surface area contributed by atoms with Crippen molar-refractivity contribution in [2.75, 3.05) is 31.9 Å². The lowest BCUT2D eigenvalue weighted by Gasteiger charge is -2.38. The molecule has 3 heterocycles. The lowest BCUT2D eigenvalue weighted by atomic mass is 9.99. The summed E-state index contributed by atoms with van der Waals surface area (Å²) in [6, 6.07) is 8.08. The lowest BCUT2D eigenvalue weighted by molar-refractivity contribution is 0.0560. The summed E-state index contributed by atoms with van der Waals surface area (Å²) in [7, 11) is 0. The maximum Gasteiger partial charge on any atom is 0.254 e. The molecule has 4 rings (SSSR count). The molecule has 2 fully saturated rings. The van der Waals surface area contributed by atoms with Crippen molar-refractivity contribution in [3.63, 3.8) is 0 Å². The van der Waals surface area contributed by atoms with Crippen LogP contribution in [0, 0.1) is 0 Å². The summed E-state index contributed by atoms with van der Waals surface area (Å²) in [5.41, 5.74) is 8.12. The fourth-order valence-corrected chi connectivity index (χ4v) is 4.21. The molecule has 0 saturated carbocycles. The van der Waals surface area contributed by atoms with Gasteiger partial charge in [-0.2, -0.15) is 0 Å². The van der Waals surface area contributed by atoms with E-state index in [0.29, 0.717) is 6.04 Å². The van der Waals surface area contributed by atoms with Crippen molar-refractivity contribution in [1.29, 1.82) is 0 Å². The highest BCUT2D eigenvalue weighted by molar-refractivity contribution is 5.95. The lowest BCUT2D eigenvalue weighted by Crippen LogP contribution is -2.49. The highest BCUT2D eigenvalue weighted by Gasteiger charge is 2.29. The van der Waals surface area contributed by atoms with E-state index in [1.807, 2.05) is 24.3 Å². The Kier molecular flexibility index (Phi) is 5.34. The van der Waals surface area contributed by atoms with Gasteiger partial charge in [0.2, 0.25) is 5.95 Å². The average Bonchev–Trinajstić information content (AvgIpc) is 3.22. The molecule has 2 aliphatic heterocycles. The number of benzene rings is 1. The number of piperidine rings is 1. The summed E-state index contributed by atoms with van der Waals surface area (Å²) in [4.78, 5) is 26.0. The van der Waals surface area contributed by atoms with Crippen LogP contribution in [0.1, 0.15) is 42.5 Å². The summed E-state index contributed by atoms with van der Waals surface area (Å²) in [6.45, 7) is 4.21. The zero-order valence-electron chi connectivity index (χ0n) is 15.7. The normalized spacial score (nSPS) is 20.7. The summed E-state index contributed by atoms with van der Waals surface area (Å²) in [5, 5.41) is 0. The van der Waals surface area contributed by atoms with Crippen LogP contribution in [0.3, 0.4) is 0 Å². The Labute approximate surface area is 160 Å². The molecule has 0 spiro atoms. The molecule has 1 unspecified atom stereocenters. The van der Waals surface area contributed by atoms with E-state index in [0.717, 1.165) is 42.6 Å². The standard InChI is InChI=1S/C21H27N5O/c22-21-23-13-18(14-24-21)16-6-5-7-17(12-16)20(27)26-11-2-1-8-19(26)15-25-9-3-4-10-25/h5-7,12-14,19H,1-4,8-11,15H2,(H2,22,23,24). The second-order valence-corrected chi connectivity index (χ2v) is 7.57. The van der Waals surface area contributed by atoms with Gasteiger partial charge in [-0.1, -0.05) is 12.1 Å². The Morgan fingerprint density at radius 2 is 1.78 bits per heavy atom. The van der Waals surface area contributed by atoms with Crippen molar-refractivity contribution in [3.05, 3.63) is 42.2 Å². The van der Waals surface area contributed by atoms with Crippen LogP contribution in [-0.2, 0) is 0 Å². The third kappa shape index (κ3) is 4.11. The summed E-state index contributed by atoms with van der Waals surface area (Å²) < 4.78 is 0. The van der Waals surface area contributed by atoms with Gasteiger partial charge in [-0.25, -0.2) is 9.97 Å². The molecule has 1 aromatic heterocycles. The molecular weight excluding hydrogens is 338 g/mol. The van der Waals surface area contributed by atoms with Crippen molar-refractivity contribution in [2.45, 2.75) is 38.1 Å². The Bertz CT molecular complexity index is 785. The number of hydrogen-bond acceptors (Lipinski definition) is 5. The van der Waals surface area contributed by atoms with Gasteiger partial charge < -0.3 is 15.5 Å². The molecule has 2 saturated heterocycles. The minimum atomic E-state index is 0.136. The van der Waals surface area contributed by atoms with Gasteiger partial charge in [-0.3, -0.25) is 4.79 Å². The van der Waals surface area contributed by atoms with Gasteiger partial charge in [0.1, 0.15) is 0 Å². The van der Waals surface area contributed by atoms with E-state index >= 15 is 0 Å². The van der Waals surface area contributed by atoms with Crippen LogP contribution in [0.5, 0.6) is 0 Å². The van der Waals surface area contributed by atoms with Crippen LogP contribution < -0.4 is 5.73 Å². The molecule has 1 atom stereocenters. The first-order valence-corrected chi connectivity index (χ1v) is 9.92. The van der Waals surface area contributed by atoms with Crippen molar-refractivity contribution in [1.82, 2.24) is 19.8 Å². The third-order valence-electron chi connectivity index (χ3n) is 5.67. The first kappa shape index (κ1) is 17.9. The Balaban J connectivity index is 1.53. The average molecular weight is 365 g/mol. The second-order valence-electron chi connectivity index (χ2n) is 7.57. The number of amides is 1. The van der Waals surface area contributed by atoms with E-state index < -0.39 is 0 Å². The molecule has 0 radical (unpaired) electrons. The molecular formula is C21H27N5O. The van der Waals surface area contributed by atoms with E-state index in [1.165, 1.54) is 32.4 Å². The van der Waals surface area contributed by atoms with E-state index in [2.05, 4.69) is 19.8 Å². The van der Waals surface area contributed by atoms with Gasteiger partial charge in [0.05, 0.1) is 0 Å². The summed E-state index contributed by atoms with van der Waals surface area (Å²) in [5.74, 6) is 0.390. The largest absolute Gasteiger partial charge is 0.368 e. The predicted molar refractivity (Wildman–Crippen MR) is 106 cm³/mol. The maximum absolute atomic E-state index is 13.3. The van der Waals surface area contributed by atoms with Gasteiger partial charge in [-0.05, 0) is 62.9 Å². The molecule has 2 aliphatic rings. The highest BCUT2D eigenvalue weighted by Crippen LogP contribution is 2.24. The Morgan fingerprint density at radius 3 is 2.56 bits per heavy atom. The van der Waals surface area contributed by atoms with Gasteiger partial charge >= 0.3 is 0 Å². The van der Waals surface area contributed by atoms with Crippen molar-refractivity contribution < 1.29 is 4.79 Å². The van der Waals surface area contributed by atoms with Gasteiger partial charge in [-0.15, -0.1) is 0 Å². The fourth-order valence-electron chi connectivity index (χ4n) is 4.21. The number of nitrogen functional groups attached to an aromatic ring is 1. The van der Waals surface area contributed by atoms with Gasteiger partial charge in [0, 0.05) is 42.7 Å². The zero-order chi connectivity index (χ0) is 18.6. The number of aromatic nitrogens is 2. The topological polar surface area (TPSA) is 75.3 Å². The molecule has 1 aromatic carbocycles. The number of anilines is 1. The van der Waals surface area contributed by atoms with Crippen LogP contribution in [-0.4, -0.2) is 57.9 Å². The van der Waals surface area contributed by atoms with Gasteiger partial charge in [0.25, 0.3) is 5.91 Å². The maximum atomic E-state index is 13.3. The monoisotopic (exact) mass is 365 g/mol. The number of nitrogens with two attached hydrogens (primary N) is 1. The van der Waals surface area contributed by atoms with E-state index in [9.17, 15) is 4.79 Å². The minimum absolute atomic E-state index is 0.136. The van der Waals surface area contributed by atoms with Crippen LogP contribution >= 0.6 is 0 Å². The molecule has 6 heteroatoms. The highest BCUT2D eigenvalue weighted by atomic mass is 16.2.